The molecule has 7 heteroatoms. The highest BCUT2D eigenvalue weighted by molar-refractivity contribution is 7.00. The van der Waals surface area contributed by atoms with Crippen molar-refractivity contribution in [3.05, 3.63) is 30.3 Å². The van der Waals surface area contributed by atoms with Crippen LogP contribution in [0.2, 0.25) is 39.3 Å². The predicted octanol–water partition coefficient (Wildman–Crippen LogP) is 5.28. The molecule has 25 heavy (non-hydrogen) atoms. The monoisotopic (exact) mass is 399 g/mol. The van der Waals surface area contributed by atoms with Crippen LogP contribution in [0.25, 0.3) is 0 Å². The second kappa shape index (κ2) is 8.04. The zero-order chi connectivity index (χ0) is 19.6. The van der Waals surface area contributed by atoms with E-state index in [4.69, 9.17) is 0 Å². The fraction of sp³-hybridized carbons (Fsp3) is 0.667. The molecule has 0 saturated carbocycles. The number of benzene rings is 1. The number of para-hydroxylation sites is 1. The summed E-state index contributed by atoms with van der Waals surface area (Å²) < 4.78 is 21.7. The standard InChI is InChI=1S/C18H38FN3Si3/c1-16(2)20-25(19,21(17(3)4)23(5,6)7)22(24(8,9)10)18-14-12-11-13-15-18/h11-17,20H,1-10H3. The molecule has 1 unspecified atom stereocenters. The second-order valence-electron chi connectivity index (χ2n) is 9.36. The number of hydrogen-bond acceptors (Lipinski definition) is 3. The summed E-state index contributed by atoms with van der Waals surface area (Å²) in [6.07, 6.45) is 0. The topological polar surface area (TPSA) is 18.5 Å². The predicted molar refractivity (Wildman–Crippen MR) is 118 cm³/mol. The molecule has 0 amide bonds. The summed E-state index contributed by atoms with van der Waals surface area (Å²) >= 11 is 0. The normalized spacial score (nSPS) is 15.8. The Morgan fingerprint density at radius 3 is 1.64 bits per heavy atom. The van der Waals surface area contributed by atoms with Gasteiger partial charge in [0.1, 0.15) is 16.5 Å². The van der Waals surface area contributed by atoms with Crippen LogP contribution in [0.15, 0.2) is 30.3 Å². The summed E-state index contributed by atoms with van der Waals surface area (Å²) in [6, 6.07) is 10.4. The Morgan fingerprint density at radius 1 is 0.840 bits per heavy atom. The zero-order valence-electron chi connectivity index (χ0n) is 17.8. The van der Waals surface area contributed by atoms with Crippen molar-refractivity contribution >= 4 is 31.1 Å². The Kier molecular flexibility index (Phi) is 7.26. The highest BCUT2D eigenvalue weighted by Gasteiger charge is 2.57. The molecule has 0 saturated heterocycles. The van der Waals surface area contributed by atoms with Gasteiger partial charge in [0.05, 0.1) is 0 Å². The Bertz CT molecular complexity index is 541. The van der Waals surface area contributed by atoms with Crippen LogP contribution in [0.1, 0.15) is 27.7 Å². The number of anilines is 1. The van der Waals surface area contributed by atoms with Gasteiger partial charge in [-0.1, -0.05) is 85.2 Å². The van der Waals surface area contributed by atoms with Crippen LogP contribution in [0.3, 0.4) is 0 Å². The van der Waals surface area contributed by atoms with Crippen molar-refractivity contribution in [1.82, 2.24) is 9.21 Å². The van der Waals surface area contributed by atoms with E-state index in [0.29, 0.717) is 0 Å². The molecule has 1 N–H and O–H groups in total. The van der Waals surface area contributed by atoms with Crippen LogP contribution in [-0.4, -0.2) is 41.7 Å². The van der Waals surface area contributed by atoms with E-state index in [2.05, 4.69) is 92.6 Å². The Labute approximate surface area is 158 Å². The summed E-state index contributed by atoms with van der Waals surface area (Å²) in [5, 5.41) is 0. The summed E-state index contributed by atoms with van der Waals surface area (Å²) in [6.45, 7) is 21.9. The Hall–Kier alpha value is -0.479. The maximum Gasteiger partial charge on any atom is 0.503 e. The van der Waals surface area contributed by atoms with Crippen molar-refractivity contribution in [3.8, 4) is 0 Å². The first-order valence-electron chi connectivity index (χ1n) is 9.32. The van der Waals surface area contributed by atoms with Gasteiger partial charge in [-0.3, -0.25) is 9.21 Å². The second-order valence-corrected chi connectivity index (χ2v) is 22.3. The molecule has 0 spiro atoms. The molecular formula is C18H38FN3Si3. The first-order chi connectivity index (χ1) is 11.2. The molecule has 0 radical (unpaired) electrons. The quantitative estimate of drug-likeness (QED) is 0.474. The van der Waals surface area contributed by atoms with E-state index >= 15 is 4.11 Å². The van der Waals surface area contributed by atoms with E-state index in [1.165, 1.54) is 0 Å². The molecule has 1 atom stereocenters. The summed E-state index contributed by atoms with van der Waals surface area (Å²) in [4.78, 5) is 3.44. The number of nitrogens with zero attached hydrogens (tertiary/aromatic N) is 2. The third kappa shape index (κ3) is 5.50. The van der Waals surface area contributed by atoms with E-state index in [0.717, 1.165) is 5.69 Å². The van der Waals surface area contributed by atoms with Gasteiger partial charge in [0.15, 0.2) is 0 Å². The molecule has 3 nitrogen and oxygen atoms in total. The van der Waals surface area contributed by atoms with Crippen LogP contribution in [0.4, 0.5) is 9.80 Å². The lowest BCUT2D eigenvalue weighted by Crippen LogP contribution is -2.82. The SMILES string of the molecule is CC(C)N[Si](F)(N(c1ccccc1)[Si](C)(C)C)N(C(C)C)[Si](C)(C)C. The number of hydrogen-bond donors (Lipinski definition) is 1. The van der Waals surface area contributed by atoms with Gasteiger partial charge in [0.2, 0.25) is 0 Å². The van der Waals surface area contributed by atoms with Gasteiger partial charge in [-0.2, -0.15) is 0 Å². The molecule has 0 aliphatic heterocycles. The van der Waals surface area contributed by atoms with Gasteiger partial charge in [-0.15, -0.1) is 0 Å². The van der Waals surface area contributed by atoms with Crippen molar-refractivity contribution in [2.75, 3.05) is 4.23 Å². The molecule has 0 bridgehead atoms. The van der Waals surface area contributed by atoms with Crippen molar-refractivity contribution in [2.24, 2.45) is 0 Å². The van der Waals surface area contributed by atoms with Gasteiger partial charge in [0.25, 0.3) is 0 Å². The van der Waals surface area contributed by atoms with Gasteiger partial charge < -0.3 is 4.23 Å². The Balaban J connectivity index is 3.67. The lowest BCUT2D eigenvalue weighted by molar-refractivity contribution is 0.423. The molecular weight excluding hydrogens is 361 g/mol. The highest BCUT2D eigenvalue weighted by atomic mass is 28.5. The molecule has 144 valence electrons. The van der Waals surface area contributed by atoms with Crippen LogP contribution < -0.4 is 9.21 Å². The van der Waals surface area contributed by atoms with E-state index in [1.807, 2.05) is 18.2 Å². The summed E-state index contributed by atoms with van der Waals surface area (Å²) in [5.74, 6) is 0. The molecule has 1 aromatic carbocycles. The van der Waals surface area contributed by atoms with Gasteiger partial charge in [-0.05, 0) is 24.2 Å². The van der Waals surface area contributed by atoms with Gasteiger partial charge >= 0.3 is 8.89 Å². The summed E-state index contributed by atoms with van der Waals surface area (Å²) in [5.41, 5.74) is 1.01. The Morgan fingerprint density at radius 2 is 1.32 bits per heavy atom. The first kappa shape index (κ1) is 22.6. The van der Waals surface area contributed by atoms with Crippen molar-refractivity contribution < 1.29 is 4.11 Å². The average Bonchev–Trinajstić information content (AvgIpc) is 2.33. The van der Waals surface area contributed by atoms with E-state index in [1.54, 1.807) is 0 Å². The minimum atomic E-state index is -3.61. The van der Waals surface area contributed by atoms with Crippen molar-refractivity contribution in [1.29, 1.82) is 0 Å². The molecule has 0 fully saturated rings. The zero-order valence-corrected chi connectivity index (χ0v) is 20.8. The fourth-order valence-corrected chi connectivity index (χ4v) is 17.0. The van der Waals surface area contributed by atoms with Crippen LogP contribution in [0.5, 0.6) is 0 Å². The van der Waals surface area contributed by atoms with E-state index < -0.39 is 25.4 Å². The number of rotatable bonds is 8. The van der Waals surface area contributed by atoms with Gasteiger partial charge in [-0.25, -0.2) is 4.11 Å². The number of halogens is 1. The van der Waals surface area contributed by atoms with Crippen LogP contribution in [-0.2, 0) is 0 Å². The van der Waals surface area contributed by atoms with Crippen LogP contribution in [0, 0.1) is 0 Å². The number of nitrogens with one attached hydrogen (secondary N) is 1. The van der Waals surface area contributed by atoms with Gasteiger partial charge in [0, 0.05) is 5.69 Å². The van der Waals surface area contributed by atoms with E-state index in [9.17, 15) is 0 Å². The molecule has 0 aliphatic rings. The van der Waals surface area contributed by atoms with Crippen molar-refractivity contribution in [3.63, 3.8) is 0 Å². The lowest BCUT2D eigenvalue weighted by atomic mass is 10.3. The molecule has 1 aromatic rings. The molecule has 0 aromatic heterocycles. The summed E-state index contributed by atoms with van der Waals surface area (Å²) in [7, 11) is -7.47. The minimum absolute atomic E-state index is 0.0943. The molecule has 1 rings (SSSR count). The largest absolute Gasteiger partial charge is 0.503 e. The van der Waals surface area contributed by atoms with E-state index in [-0.39, 0.29) is 12.1 Å². The highest BCUT2D eigenvalue weighted by Crippen LogP contribution is 2.33. The molecule has 0 heterocycles. The van der Waals surface area contributed by atoms with Crippen molar-refractivity contribution in [2.45, 2.75) is 79.1 Å². The maximum absolute atomic E-state index is 17.2. The minimum Gasteiger partial charge on any atom is -0.376 e. The molecule has 0 aliphatic carbocycles. The first-order valence-corrected chi connectivity index (χ1v) is 18.0. The average molecular weight is 400 g/mol. The fourth-order valence-electron chi connectivity index (χ4n) is 3.75. The lowest BCUT2D eigenvalue weighted by Gasteiger charge is -2.54. The van der Waals surface area contributed by atoms with Crippen LogP contribution >= 0.6 is 0 Å². The maximum atomic E-state index is 17.2. The third-order valence-corrected chi connectivity index (χ3v) is 16.3. The smallest absolute Gasteiger partial charge is 0.376 e. The third-order valence-electron chi connectivity index (χ3n) is 4.01.